The summed E-state index contributed by atoms with van der Waals surface area (Å²) in [5.41, 5.74) is 3.27. The Morgan fingerprint density at radius 1 is 1.00 bits per heavy atom. The molecule has 0 amide bonds. The minimum Gasteiger partial charge on any atom is -0.298 e. The van der Waals surface area contributed by atoms with Gasteiger partial charge in [0.2, 0.25) is 0 Å². The van der Waals surface area contributed by atoms with Gasteiger partial charge in [-0.3, -0.25) is 4.84 Å². The van der Waals surface area contributed by atoms with Gasteiger partial charge in [-0.1, -0.05) is 25.7 Å². The van der Waals surface area contributed by atoms with Gasteiger partial charge >= 0.3 is 0 Å². The third kappa shape index (κ3) is 2.71. The van der Waals surface area contributed by atoms with Crippen molar-refractivity contribution in [1.29, 1.82) is 0 Å². The molecular formula is C12H23NO. The molecule has 0 aromatic heterocycles. The summed E-state index contributed by atoms with van der Waals surface area (Å²) in [6.45, 7) is 2.27. The highest BCUT2D eigenvalue weighted by molar-refractivity contribution is 4.75. The van der Waals surface area contributed by atoms with Crippen molar-refractivity contribution in [2.45, 2.75) is 70.4 Å². The largest absolute Gasteiger partial charge is 0.298 e. The molecule has 2 aliphatic carbocycles. The first kappa shape index (κ1) is 10.4. The van der Waals surface area contributed by atoms with E-state index in [0.29, 0.717) is 12.1 Å². The molecule has 0 aromatic carbocycles. The van der Waals surface area contributed by atoms with E-state index in [1.54, 1.807) is 0 Å². The molecule has 2 rings (SSSR count). The molecule has 2 nitrogen and oxygen atoms in total. The van der Waals surface area contributed by atoms with Crippen molar-refractivity contribution < 1.29 is 4.84 Å². The molecule has 0 spiro atoms. The fraction of sp³-hybridized carbons (Fsp3) is 1.00. The Hall–Kier alpha value is -0.0800. The van der Waals surface area contributed by atoms with E-state index in [1.807, 2.05) is 0 Å². The average Bonchev–Trinajstić information content (AvgIpc) is 2.87. The third-order valence-electron chi connectivity index (χ3n) is 3.83. The maximum Gasteiger partial charge on any atom is 0.0790 e. The van der Waals surface area contributed by atoms with E-state index < -0.39 is 0 Å². The van der Waals surface area contributed by atoms with E-state index in [9.17, 15) is 0 Å². The van der Waals surface area contributed by atoms with Gasteiger partial charge in [-0.05, 0) is 38.5 Å². The minimum atomic E-state index is 0.499. The lowest BCUT2D eigenvalue weighted by atomic mass is 10.0. The van der Waals surface area contributed by atoms with Gasteiger partial charge in [0, 0.05) is 6.04 Å². The van der Waals surface area contributed by atoms with Crippen molar-refractivity contribution in [1.82, 2.24) is 5.48 Å². The maximum absolute atomic E-state index is 5.73. The maximum atomic E-state index is 5.73. The molecule has 0 radical (unpaired) electrons. The molecule has 82 valence electrons. The minimum absolute atomic E-state index is 0.499. The summed E-state index contributed by atoms with van der Waals surface area (Å²) in [4.78, 5) is 5.73. The normalized spacial score (nSPS) is 27.2. The summed E-state index contributed by atoms with van der Waals surface area (Å²) in [7, 11) is 0. The molecule has 2 heteroatoms. The van der Waals surface area contributed by atoms with Gasteiger partial charge in [0.1, 0.15) is 0 Å². The lowest BCUT2D eigenvalue weighted by Gasteiger charge is -2.22. The van der Waals surface area contributed by atoms with Crippen LogP contribution < -0.4 is 5.48 Å². The summed E-state index contributed by atoms with van der Waals surface area (Å²) in [5.74, 6) is 0.858. The summed E-state index contributed by atoms with van der Waals surface area (Å²) in [6, 6.07) is 0.554. The molecule has 0 aliphatic heterocycles. The van der Waals surface area contributed by atoms with Crippen LogP contribution in [0.5, 0.6) is 0 Å². The number of hydrogen-bond acceptors (Lipinski definition) is 2. The molecule has 0 saturated heterocycles. The summed E-state index contributed by atoms with van der Waals surface area (Å²) in [6.07, 6.45) is 11.3. The van der Waals surface area contributed by atoms with Crippen LogP contribution in [0.3, 0.4) is 0 Å². The zero-order valence-electron chi connectivity index (χ0n) is 9.30. The standard InChI is InChI=1S/C12H23NO/c1-10(11-6-2-3-7-11)13-14-12-8-4-5-9-12/h10-13H,2-9H2,1H3. The van der Waals surface area contributed by atoms with Gasteiger partial charge in [-0.15, -0.1) is 0 Å². The zero-order valence-corrected chi connectivity index (χ0v) is 9.30. The van der Waals surface area contributed by atoms with Crippen LogP contribution in [0.15, 0.2) is 0 Å². The van der Waals surface area contributed by atoms with E-state index >= 15 is 0 Å². The second kappa shape index (κ2) is 5.13. The van der Waals surface area contributed by atoms with Gasteiger partial charge in [0.15, 0.2) is 0 Å². The van der Waals surface area contributed by atoms with E-state index in [2.05, 4.69) is 12.4 Å². The van der Waals surface area contributed by atoms with Crippen LogP contribution in [0.1, 0.15) is 58.3 Å². The summed E-state index contributed by atoms with van der Waals surface area (Å²) < 4.78 is 0. The van der Waals surface area contributed by atoms with Crippen LogP contribution in [-0.4, -0.2) is 12.1 Å². The molecule has 0 heterocycles. The monoisotopic (exact) mass is 197 g/mol. The molecule has 2 saturated carbocycles. The third-order valence-corrected chi connectivity index (χ3v) is 3.83. The van der Waals surface area contributed by atoms with Gasteiger partial charge < -0.3 is 0 Å². The van der Waals surface area contributed by atoms with Gasteiger partial charge in [-0.25, -0.2) is 0 Å². The van der Waals surface area contributed by atoms with E-state index in [1.165, 1.54) is 51.4 Å². The van der Waals surface area contributed by atoms with Crippen molar-refractivity contribution in [3.63, 3.8) is 0 Å². The molecule has 1 atom stereocenters. The van der Waals surface area contributed by atoms with Crippen molar-refractivity contribution in [3.8, 4) is 0 Å². The van der Waals surface area contributed by atoms with Crippen LogP contribution in [0.4, 0.5) is 0 Å². The predicted molar refractivity (Wildman–Crippen MR) is 57.9 cm³/mol. The molecule has 14 heavy (non-hydrogen) atoms. The molecule has 1 unspecified atom stereocenters. The SMILES string of the molecule is CC(NOC1CCCC1)C1CCCC1. The first-order valence-electron chi connectivity index (χ1n) is 6.27. The Labute approximate surface area is 87.4 Å². The van der Waals surface area contributed by atoms with E-state index in [0.717, 1.165) is 5.92 Å². The number of hydrogen-bond donors (Lipinski definition) is 1. The van der Waals surface area contributed by atoms with Crippen molar-refractivity contribution >= 4 is 0 Å². The lowest BCUT2D eigenvalue weighted by molar-refractivity contribution is -0.0465. The Kier molecular flexibility index (Phi) is 3.82. The molecule has 0 aromatic rings. The first-order chi connectivity index (χ1) is 6.86. The zero-order chi connectivity index (χ0) is 9.80. The highest BCUT2D eigenvalue weighted by Gasteiger charge is 2.23. The summed E-state index contributed by atoms with van der Waals surface area (Å²) >= 11 is 0. The Morgan fingerprint density at radius 3 is 2.21 bits per heavy atom. The topological polar surface area (TPSA) is 21.3 Å². The van der Waals surface area contributed by atoms with Crippen LogP contribution >= 0.6 is 0 Å². The van der Waals surface area contributed by atoms with Crippen molar-refractivity contribution in [2.24, 2.45) is 5.92 Å². The molecular weight excluding hydrogens is 174 g/mol. The van der Waals surface area contributed by atoms with Gasteiger partial charge in [0.05, 0.1) is 6.10 Å². The van der Waals surface area contributed by atoms with Gasteiger partial charge in [-0.2, -0.15) is 5.48 Å². The quantitative estimate of drug-likeness (QED) is 0.699. The van der Waals surface area contributed by atoms with Crippen LogP contribution in [0.2, 0.25) is 0 Å². The predicted octanol–water partition coefficient (Wildman–Crippen LogP) is 3.03. The lowest BCUT2D eigenvalue weighted by Crippen LogP contribution is -2.35. The van der Waals surface area contributed by atoms with E-state index in [4.69, 9.17) is 4.84 Å². The highest BCUT2D eigenvalue weighted by Crippen LogP contribution is 2.28. The summed E-state index contributed by atoms with van der Waals surface area (Å²) in [5, 5.41) is 0. The smallest absolute Gasteiger partial charge is 0.0790 e. The van der Waals surface area contributed by atoms with Crippen molar-refractivity contribution in [2.75, 3.05) is 0 Å². The first-order valence-corrected chi connectivity index (χ1v) is 6.27. The molecule has 1 N–H and O–H groups in total. The fourth-order valence-corrected chi connectivity index (χ4v) is 2.76. The average molecular weight is 197 g/mol. The number of nitrogens with one attached hydrogen (secondary N) is 1. The molecule has 2 fully saturated rings. The number of hydroxylamine groups is 1. The van der Waals surface area contributed by atoms with E-state index in [-0.39, 0.29) is 0 Å². The molecule has 0 bridgehead atoms. The second-order valence-electron chi connectivity index (χ2n) is 4.98. The number of rotatable bonds is 4. The Bertz CT molecular complexity index is 160. The second-order valence-corrected chi connectivity index (χ2v) is 4.98. The van der Waals surface area contributed by atoms with Crippen LogP contribution in [-0.2, 0) is 4.84 Å². The Morgan fingerprint density at radius 2 is 1.57 bits per heavy atom. The Balaban J connectivity index is 1.63. The molecule has 2 aliphatic rings. The fourth-order valence-electron chi connectivity index (χ4n) is 2.76. The van der Waals surface area contributed by atoms with Crippen LogP contribution in [0, 0.1) is 5.92 Å². The highest BCUT2D eigenvalue weighted by atomic mass is 16.7. The van der Waals surface area contributed by atoms with Gasteiger partial charge in [0.25, 0.3) is 0 Å². The van der Waals surface area contributed by atoms with Crippen molar-refractivity contribution in [3.05, 3.63) is 0 Å². The van der Waals surface area contributed by atoms with Crippen LogP contribution in [0.25, 0.3) is 0 Å².